The van der Waals surface area contributed by atoms with E-state index in [4.69, 9.17) is 5.11 Å². The molecule has 5 nitrogen and oxygen atoms in total. The Hall–Kier alpha value is -2.30. The predicted octanol–water partition coefficient (Wildman–Crippen LogP) is 0.499. The molecular weight excluding hydrogens is 196 g/mol. The van der Waals surface area contributed by atoms with Crippen LogP contribution in [0.3, 0.4) is 0 Å². The summed E-state index contributed by atoms with van der Waals surface area (Å²) < 4.78 is 0. The number of nitrogens with zero attached hydrogens (tertiary/aromatic N) is 2. The summed E-state index contributed by atoms with van der Waals surface area (Å²) in [4.78, 5) is 22.1. The van der Waals surface area contributed by atoms with Crippen LogP contribution in [-0.2, 0) is 9.59 Å². The van der Waals surface area contributed by atoms with Gasteiger partial charge in [-0.3, -0.25) is 4.79 Å². The molecule has 74 valence electrons. The standard InChI is InChI=1S/C10H6N2O3/c13-9-7(6-4-2-1-3-5-6)11-12-8(9)10(14)15/h1-5H,(H,14,15). The molecule has 15 heavy (non-hydrogen) atoms. The van der Waals surface area contributed by atoms with Gasteiger partial charge >= 0.3 is 5.97 Å². The molecule has 0 fully saturated rings. The van der Waals surface area contributed by atoms with Crippen LogP contribution in [-0.4, -0.2) is 28.3 Å². The third kappa shape index (κ3) is 1.54. The van der Waals surface area contributed by atoms with E-state index in [0.717, 1.165) is 0 Å². The summed E-state index contributed by atoms with van der Waals surface area (Å²) in [7, 11) is 0. The monoisotopic (exact) mass is 202 g/mol. The minimum absolute atomic E-state index is 0.0769. The fraction of sp³-hybridized carbons (Fsp3) is 0. The van der Waals surface area contributed by atoms with E-state index < -0.39 is 17.5 Å². The second-order valence-corrected chi connectivity index (χ2v) is 2.90. The van der Waals surface area contributed by atoms with Crippen LogP contribution in [0.5, 0.6) is 0 Å². The lowest BCUT2D eigenvalue weighted by Crippen LogP contribution is -2.26. The first-order valence-electron chi connectivity index (χ1n) is 4.19. The van der Waals surface area contributed by atoms with Crippen LogP contribution in [0.4, 0.5) is 0 Å². The molecule has 0 saturated heterocycles. The highest BCUT2D eigenvalue weighted by molar-refractivity contribution is 6.82. The molecule has 0 amide bonds. The molecule has 0 bridgehead atoms. The highest BCUT2D eigenvalue weighted by atomic mass is 16.4. The number of benzene rings is 1. The van der Waals surface area contributed by atoms with Crippen LogP contribution in [0.1, 0.15) is 5.56 Å². The lowest BCUT2D eigenvalue weighted by molar-refractivity contribution is -0.129. The molecule has 0 aliphatic carbocycles. The van der Waals surface area contributed by atoms with Crippen LogP contribution < -0.4 is 0 Å². The quantitative estimate of drug-likeness (QED) is 0.758. The summed E-state index contributed by atoms with van der Waals surface area (Å²) in [5.74, 6) is -2.00. The molecule has 0 unspecified atom stereocenters. The largest absolute Gasteiger partial charge is 0.476 e. The maximum atomic E-state index is 11.5. The smallest absolute Gasteiger partial charge is 0.360 e. The first-order chi connectivity index (χ1) is 7.20. The lowest BCUT2D eigenvalue weighted by Gasteiger charge is -1.96. The molecule has 2 rings (SSSR count). The summed E-state index contributed by atoms with van der Waals surface area (Å²) in [6.07, 6.45) is 0. The number of hydrogen-bond acceptors (Lipinski definition) is 4. The predicted molar refractivity (Wildman–Crippen MR) is 53.1 cm³/mol. The molecule has 5 heteroatoms. The van der Waals surface area contributed by atoms with Crippen molar-refractivity contribution in [1.82, 2.24) is 0 Å². The lowest BCUT2D eigenvalue weighted by atomic mass is 10.0. The number of carbonyl (C=O) groups excluding carboxylic acids is 1. The second-order valence-electron chi connectivity index (χ2n) is 2.90. The van der Waals surface area contributed by atoms with Gasteiger partial charge in [0, 0.05) is 5.56 Å². The maximum absolute atomic E-state index is 11.5. The van der Waals surface area contributed by atoms with Crippen LogP contribution in [0.2, 0.25) is 0 Å². The third-order valence-corrected chi connectivity index (χ3v) is 1.93. The van der Waals surface area contributed by atoms with Crippen molar-refractivity contribution in [3.05, 3.63) is 35.9 Å². The molecule has 1 aliphatic heterocycles. The zero-order valence-corrected chi connectivity index (χ0v) is 7.54. The second kappa shape index (κ2) is 3.45. The summed E-state index contributed by atoms with van der Waals surface area (Å²) >= 11 is 0. The van der Waals surface area contributed by atoms with Gasteiger partial charge < -0.3 is 5.11 Å². The zero-order valence-electron chi connectivity index (χ0n) is 7.54. The van der Waals surface area contributed by atoms with Crippen LogP contribution in [0, 0.1) is 0 Å². The molecule has 1 aromatic carbocycles. The van der Waals surface area contributed by atoms with Gasteiger partial charge in [0.1, 0.15) is 5.71 Å². The van der Waals surface area contributed by atoms with Crippen molar-refractivity contribution in [2.24, 2.45) is 10.2 Å². The normalized spacial score (nSPS) is 14.8. The van der Waals surface area contributed by atoms with E-state index in [-0.39, 0.29) is 5.71 Å². The van der Waals surface area contributed by atoms with Crippen molar-refractivity contribution in [1.29, 1.82) is 0 Å². The number of carbonyl (C=O) groups is 2. The molecular formula is C10H6N2O3. The highest BCUT2D eigenvalue weighted by Crippen LogP contribution is 2.08. The molecule has 1 N–H and O–H groups in total. The van der Waals surface area contributed by atoms with Crippen molar-refractivity contribution >= 4 is 23.2 Å². The zero-order chi connectivity index (χ0) is 10.8. The summed E-state index contributed by atoms with van der Waals surface area (Å²) in [6, 6.07) is 8.63. The SMILES string of the molecule is O=C(O)C1=NN=C(c2ccccc2)C1=O. The van der Waals surface area contributed by atoms with Gasteiger partial charge in [-0.1, -0.05) is 30.3 Å². The van der Waals surface area contributed by atoms with Crippen LogP contribution in [0.15, 0.2) is 40.5 Å². The van der Waals surface area contributed by atoms with Crippen molar-refractivity contribution in [3.63, 3.8) is 0 Å². The maximum Gasteiger partial charge on any atom is 0.360 e. The Morgan fingerprint density at radius 2 is 1.80 bits per heavy atom. The van der Waals surface area contributed by atoms with Crippen LogP contribution >= 0.6 is 0 Å². The van der Waals surface area contributed by atoms with E-state index in [0.29, 0.717) is 5.56 Å². The molecule has 1 aliphatic rings. The summed E-state index contributed by atoms with van der Waals surface area (Å²) in [5.41, 5.74) is 0.115. The number of Topliss-reactive ketones (excluding diaryl/α,β-unsaturated/α-hetero) is 1. The fourth-order valence-corrected chi connectivity index (χ4v) is 1.23. The van der Waals surface area contributed by atoms with E-state index >= 15 is 0 Å². The Kier molecular flexibility index (Phi) is 2.13. The summed E-state index contributed by atoms with van der Waals surface area (Å²) in [6.45, 7) is 0. The van der Waals surface area contributed by atoms with Gasteiger partial charge in [0.05, 0.1) is 0 Å². The Labute approximate surface area is 84.8 Å². The molecule has 0 atom stereocenters. The fourth-order valence-electron chi connectivity index (χ4n) is 1.23. The topological polar surface area (TPSA) is 79.1 Å². The van der Waals surface area contributed by atoms with Crippen LogP contribution in [0.25, 0.3) is 0 Å². The Balaban J connectivity index is 2.32. The number of carboxylic acids is 1. The Morgan fingerprint density at radius 3 is 2.33 bits per heavy atom. The third-order valence-electron chi connectivity index (χ3n) is 1.93. The molecule has 0 spiro atoms. The average Bonchev–Trinajstić information content (AvgIpc) is 2.61. The average molecular weight is 202 g/mol. The molecule has 1 aromatic rings. The van der Waals surface area contributed by atoms with Crippen molar-refractivity contribution in [2.45, 2.75) is 0 Å². The van der Waals surface area contributed by atoms with E-state index in [1.165, 1.54) is 0 Å². The van der Waals surface area contributed by atoms with Gasteiger partial charge in [-0.15, -0.1) is 10.2 Å². The first-order valence-corrected chi connectivity index (χ1v) is 4.19. The highest BCUT2D eigenvalue weighted by Gasteiger charge is 2.30. The number of rotatable bonds is 2. The van der Waals surface area contributed by atoms with Crippen molar-refractivity contribution < 1.29 is 14.7 Å². The van der Waals surface area contributed by atoms with Gasteiger partial charge in [0.15, 0.2) is 0 Å². The Bertz CT molecular complexity index is 489. The van der Waals surface area contributed by atoms with Gasteiger partial charge in [-0.2, -0.15) is 0 Å². The van der Waals surface area contributed by atoms with E-state index in [1.807, 2.05) is 0 Å². The molecule has 0 radical (unpaired) electrons. The molecule has 0 aromatic heterocycles. The minimum atomic E-state index is -1.35. The van der Waals surface area contributed by atoms with Crippen molar-refractivity contribution in [2.75, 3.05) is 0 Å². The van der Waals surface area contributed by atoms with Crippen molar-refractivity contribution in [3.8, 4) is 0 Å². The van der Waals surface area contributed by atoms with Gasteiger partial charge in [-0.25, -0.2) is 4.79 Å². The van der Waals surface area contributed by atoms with Gasteiger partial charge in [0.2, 0.25) is 11.5 Å². The molecule has 1 heterocycles. The summed E-state index contributed by atoms with van der Waals surface area (Å²) in [5, 5.41) is 15.5. The number of ketones is 1. The number of aliphatic carboxylic acids is 1. The first kappa shape index (κ1) is 9.26. The molecule has 0 saturated carbocycles. The van der Waals surface area contributed by atoms with E-state index in [2.05, 4.69) is 10.2 Å². The number of carboxylic acid groups (broad SMARTS) is 1. The van der Waals surface area contributed by atoms with Gasteiger partial charge in [0.25, 0.3) is 0 Å². The number of hydrogen-bond donors (Lipinski definition) is 1. The van der Waals surface area contributed by atoms with E-state index in [1.54, 1.807) is 30.3 Å². The Morgan fingerprint density at radius 1 is 1.13 bits per heavy atom. The minimum Gasteiger partial charge on any atom is -0.476 e. The van der Waals surface area contributed by atoms with E-state index in [9.17, 15) is 9.59 Å². The van der Waals surface area contributed by atoms with Gasteiger partial charge in [-0.05, 0) is 0 Å².